The molecule has 0 heterocycles. The van der Waals surface area contributed by atoms with Crippen LogP contribution in [-0.2, 0) is 21.2 Å². The van der Waals surface area contributed by atoms with Gasteiger partial charge in [0.2, 0.25) is 10.0 Å². The normalized spacial score (nSPS) is 12.8. The quantitative estimate of drug-likeness (QED) is 0.849. The topological polar surface area (TPSA) is 83.5 Å². The van der Waals surface area contributed by atoms with Gasteiger partial charge in [0.25, 0.3) is 0 Å². The van der Waals surface area contributed by atoms with Crippen molar-refractivity contribution >= 4 is 16.0 Å². The molecule has 2 rings (SSSR count). The molecule has 0 radical (unpaired) electrons. The van der Waals surface area contributed by atoms with Crippen molar-refractivity contribution in [3.63, 3.8) is 0 Å². The molecule has 2 aromatic rings. The Kier molecular flexibility index (Phi) is 4.89. The zero-order valence-electron chi connectivity index (χ0n) is 11.4. The number of benzene rings is 2. The molecule has 0 aliphatic heterocycles. The van der Waals surface area contributed by atoms with Crippen LogP contribution in [0.4, 0.5) is 4.39 Å². The molecule has 0 spiro atoms. The van der Waals surface area contributed by atoms with E-state index in [2.05, 4.69) is 4.72 Å². The van der Waals surface area contributed by atoms with Crippen molar-refractivity contribution in [2.75, 3.05) is 0 Å². The molecule has 0 amide bonds. The summed E-state index contributed by atoms with van der Waals surface area (Å²) >= 11 is 0. The Morgan fingerprint density at radius 2 is 1.82 bits per heavy atom. The molecule has 1 unspecified atom stereocenters. The second-order valence-electron chi connectivity index (χ2n) is 4.66. The van der Waals surface area contributed by atoms with Gasteiger partial charge in [0, 0.05) is 0 Å². The predicted octanol–water partition coefficient (Wildman–Crippen LogP) is 1.80. The SMILES string of the molecule is O=C(O)C(Cc1ccccc1)NS(=O)(=O)c1cccc(F)c1. The minimum Gasteiger partial charge on any atom is -0.480 e. The van der Waals surface area contributed by atoms with Gasteiger partial charge < -0.3 is 5.11 Å². The van der Waals surface area contributed by atoms with Gasteiger partial charge in [-0.1, -0.05) is 36.4 Å². The fourth-order valence-corrected chi connectivity index (χ4v) is 3.14. The summed E-state index contributed by atoms with van der Waals surface area (Å²) in [7, 11) is -4.12. The fraction of sp³-hybridized carbons (Fsp3) is 0.133. The number of rotatable bonds is 6. The molecule has 5 nitrogen and oxygen atoms in total. The molecule has 0 fully saturated rings. The molecule has 0 saturated heterocycles. The van der Waals surface area contributed by atoms with Gasteiger partial charge in [-0.25, -0.2) is 12.8 Å². The molecular weight excluding hydrogens is 309 g/mol. The van der Waals surface area contributed by atoms with E-state index in [-0.39, 0.29) is 11.3 Å². The van der Waals surface area contributed by atoms with Crippen LogP contribution in [0.1, 0.15) is 5.56 Å². The Balaban J connectivity index is 2.22. The number of halogens is 1. The monoisotopic (exact) mass is 323 g/mol. The van der Waals surface area contributed by atoms with Crippen molar-refractivity contribution in [1.82, 2.24) is 4.72 Å². The highest BCUT2D eigenvalue weighted by atomic mass is 32.2. The first-order valence-corrected chi connectivity index (χ1v) is 7.91. The number of aliphatic carboxylic acids is 1. The maximum absolute atomic E-state index is 13.1. The van der Waals surface area contributed by atoms with Crippen LogP contribution in [0.3, 0.4) is 0 Å². The summed E-state index contributed by atoms with van der Waals surface area (Å²) in [4.78, 5) is 11.0. The molecular formula is C15H14FNO4S. The number of carbonyl (C=O) groups is 1. The van der Waals surface area contributed by atoms with Gasteiger partial charge in [-0.3, -0.25) is 4.79 Å². The van der Waals surface area contributed by atoms with Crippen molar-refractivity contribution < 1.29 is 22.7 Å². The van der Waals surface area contributed by atoms with E-state index in [1.165, 1.54) is 12.1 Å². The minimum atomic E-state index is -4.12. The highest BCUT2D eigenvalue weighted by Crippen LogP contribution is 2.12. The second kappa shape index (κ2) is 6.67. The number of carboxylic acids is 1. The molecule has 0 aliphatic rings. The molecule has 1 atom stereocenters. The van der Waals surface area contributed by atoms with Crippen molar-refractivity contribution in [2.45, 2.75) is 17.4 Å². The Bertz CT molecular complexity index is 762. The van der Waals surface area contributed by atoms with E-state index in [1.54, 1.807) is 30.3 Å². The third-order valence-electron chi connectivity index (χ3n) is 2.98. The number of hydrogen-bond acceptors (Lipinski definition) is 3. The molecule has 0 bridgehead atoms. The summed E-state index contributed by atoms with van der Waals surface area (Å²) in [6.07, 6.45) is -0.00921. The number of carboxylic acid groups (broad SMARTS) is 1. The van der Waals surface area contributed by atoms with Gasteiger partial charge >= 0.3 is 5.97 Å². The predicted molar refractivity (Wildman–Crippen MR) is 78.3 cm³/mol. The Hall–Kier alpha value is -2.25. The van der Waals surface area contributed by atoms with Crippen LogP contribution >= 0.6 is 0 Å². The maximum Gasteiger partial charge on any atom is 0.322 e. The second-order valence-corrected chi connectivity index (χ2v) is 6.37. The molecule has 0 aliphatic carbocycles. The van der Waals surface area contributed by atoms with E-state index in [4.69, 9.17) is 0 Å². The smallest absolute Gasteiger partial charge is 0.322 e. The van der Waals surface area contributed by atoms with Crippen LogP contribution in [0, 0.1) is 5.82 Å². The number of hydrogen-bond donors (Lipinski definition) is 2. The van der Waals surface area contributed by atoms with Gasteiger partial charge in [0.15, 0.2) is 0 Å². The van der Waals surface area contributed by atoms with Crippen LogP contribution < -0.4 is 4.72 Å². The zero-order chi connectivity index (χ0) is 16.2. The van der Waals surface area contributed by atoms with E-state index in [9.17, 15) is 22.7 Å². The first-order chi connectivity index (χ1) is 10.4. The van der Waals surface area contributed by atoms with Crippen LogP contribution in [0.15, 0.2) is 59.5 Å². The van der Waals surface area contributed by atoms with E-state index in [1.807, 2.05) is 0 Å². The van der Waals surface area contributed by atoms with Crippen molar-refractivity contribution in [3.8, 4) is 0 Å². The van der Waals surface area contributed by atoms with E-state index in [0.29, 0.717) is 5.56 Å². The molecule has 2 N–H and O–H groups in total. The molecule has 0 aromatic heterocycles. The largest absolute Gasteiger partial charge is 0.480 e. The van der Waals surface area contributed by atoms with Gasteiger partial charge in [0.05, 0.1) is 4.90 Å². The van der Waals surface area contributed by atoms with Crippen molar-refractivity contribution in [2.24, 2.45) is 0 Å². The lowest BCUT2D eigenvalue weighted by molar-refractivity contribution is -0.138. The lowest BCUT2D eigenvalue weighted by Crippen LogP contribution is -2.42. The first kappa shape index (κ1) is 16.1. The summed E-state index contributed by atoms with van der Waals surface area (Å²) in [5, 5.41) is 9.20. The average Bonchev–Trinajstić information content (AvgIpc) is 2.47. The molecule has 116 valence electrons. The van der Waals surface area contributed by atoms with Crippen LogP contribution in [0.25, 0.3) is 0 Å². The number of nitrogens with one attached hydrogen (secondary N) is 1. The summed E-state index contributed by atoms with van der Waals surface area (Å²) < 4.78 is 39.5. The highest BCUT2D eigenvalue weighted by Gasteiger charge is 2.25. The van der Waals surface area contributed by atoms with E-state index in [0.717, 1.165) is 12.1 Å². The third-order valence-corrected chi connectivity index (χ3v) is 4.45. The van der Waals surface area contributed by atoms with E-state index >= 15 is 0 Å². The van der Waals surface area contributed by atoms with Crippen molar-refractivity contribution in [3.05, 3.63) is 66.0 Å². The lowest BCUT2D eigenvalue weighted by atomic mass is 10.1. The van der Waals surface area contributed by atoms with Gasteiger partial charge in [-0.15, -0.1) is 0 Å². The molecule has 7 heteroatoms. The maximum atomic E-state index is 13.1. The Morgan fingerprint density at radius 1 is 1.14 bits per heavy atom. The highest BCUT2D eigenvalue weighted by molar-refractivity contribution is 7.89. The molecule has 22 heavy (non-hydrogen) atoms. The van der Waals surface area contributed by atoms with Gasteiger partial charge in [-0.2, -0.15) is 4.72 Å². The average molecular weight is 323 g/mol. The van der Waals surface area contributed by atoms with E-state index < -0.39 is 27.9 Å². The summed E-state index contributed by atoms with van der Waals surface area (Å²) in [6.45, 7) is 0. The Labute approximate surface area is 127 Å². The minimum absolute atomic E-state index is 0.00921. The van der Waals surface area contributed by atoms with Crippen LogP contribution in [-0.4, -0.2) is 25.5 Å². The fourth-order valence-electron chi connectivity index (χ4n) is 1.92. The van der Waals surface area contributed by atoms with Crippen molar-refractivity contribution in [1.29, 1.82) is 0 Å². The lowest BCUT2D eigenvalue weighted by Gasteiger charge is -2.15. The van der Waals surface area contributed by atoms with Gasteiger partial charge in [0.1, 0.15) is 11.9 Å². The third kappa shape index (κ3) is 4.12. The molecule has 0 saturated carbocycles. The summed E-state index contributed by atoms with van der Waals surface area (Å²) in [5.41, 5.74) is 0.678. The zero-order valence-corrected chi connectivity index (χ0v) is 12.3. The Morgan fingerprint density at radius 3 is 2.41 bits per heavy atom. The summed E-state index contributed by atoms with van der Waals surface area (Å²) in [5.74, 6) is -2.01. The standard InChI is InChI=1S/C15H14FNO4S/c16-12-7-4-8-13(10-12)22(20,21)17-14(15(18)19)9-11-5-2-1-3-6-11/h1-8,10,14,17H,9H2,(H,18,19). The summed E-state index contributed by atoms with van der Waals surface area (Å²) in [6, 6.07) is 11.7. The van der Waals surface area contributed by atoms with Crippen LogP contribution in [0.2, 0.25) is 0 Å². The first-order valence-electron chi connectivity index (χ1n) is 6.43. The van der Waals surface area contributed by atoms with Gasteiger partial charge in [-0.05, 0) is 30.2 Å². The number of sulfonamides is 1. The molecule has 2 aromatic carbocycles. The van der Waals surface area contributed by atoms with Crippen LogP contribution in [0.5, 0.6) is 0 Å².